The maximum Gasteiger partial charge on any atom is 0.244 e. The first-order chi connectivity index (χ1) is 12.1. The third-order valence-electron chi connectivity index (χ3n) is 3.75. The molecule has 0 saturated carbocycles. The van der Waals surface area contributed by atoms with Crippen molar-refractivity contribution in [2.75, 3.05) is 13.3 Å². The van der Waals surface area contributed by atoms with Crippen molar-refractivity contribution in [3.05, 3.63) is 65.4 Å². The largest absolute Gasteiger partial charge is 0.460 e. The van der Waals surface area contributed by atoms with Crippen LogP contribution in [0.5, 0.6) is 0 Å². The zero-order valence-electron chi connectivity index (χ0n) is 14.8. The van der Waals surface area contributed by atoms with Gasteiger partial charge < -0.3 is 9.73 Å². The summed E-state index contributed by atoms with van der Waals surface area (Å²) in [7, 11) is -1.84. The minimum Gasteiger partial charge on any atom is -0.460 e. The Balaban J connectivity index is 1.93. The zero-order chi connectivity index (χ0) is 19.3. The van der Waals surface area contributed by atoms with E-state index in [1.165, 1.54) is 31.3 Å². The van der Waals surface area contributed by atoms with E-state index in [1.54, 1.807) is 31.2 Å². The fraction of sp³-hybridized carbons (Fsp3) is 0.278. The van der Waals surface area contributed by atoms with Crippen LogP contribution in [-0.2, 0) is 21.4 Å². The maximum absolute atomic E-state index is 12.9. The Morgan fingerprint density at radius 2 is 1.92 bits per heavy atom. The van der Waals surface area contributed by atoms with Gasteiger partial charge in [-0.1, -0.05) is 12.1 Å². The number of rotatable bonds is 7. The second kappa shape index (κ2) is 8.29. The second-order valence-electron chi connectivity index (χ2n) is 5.94. The molecule has 26 heavy (non-hydrogen) atoms. The topological polar surface area (TPSA) is 79.6 Å². The van der Waals surface area contributed by atoms with Crippen LogP contribution < -0.4 is 5.32 Å². The van der Waals surface area contributed by atoms with Crippen molar-refractivity contribution >= 4 is 22.0 Å². The fourth-order valence-electron chi connectivity index (χ4n) is 2.16. The number of halogens is 1. The van der Waals surface area contributed by atoms with Crippen molar-refractivity contribution in [3.8, 4) is 0 Å². The molecule has 0 radical (unpaired) electrons. The van der Waals surface area contributed by atoms with Crippen LogP contribution in [0, 0.1) is 5.82 Å². The van der Waals surface area contributed by atoms with Crippen LogP contribution in [0.2, 0.25) is 0 Å². The number of sulfonamides is 1. The normalized spacial score (nSPS) is 13.3. The van der Waals surface area contributed by atoms with Crippen LogP contribution in [0.25, 0.3) is 6.08 Å². The van der Waals surface area contributed by atoms with Crippen LogP contribution in [0.1, 0.15) is 30.0 Å². The molecule has 140 valence electrons. The first-order valence-electron chi connectivity index (χ1n) is 7.89. The molecule has 0 unspecified atom stereocenters. The monoisotopic (exact) mass is 380 g/mol. The molecule has 2 rings (SSSR count). The van der Waals surface area contributed by atoms with Gasteiger partial charge in [0.05, 0.1) is 18.8 Å². The standard InChI is InChI=1S/C18H21FN2O4S/c1-13(14-4-6-15(19)7-5-14)20-18(22)11-10-16-8-9-17(25-16)12-21(2)26(3,23)24/h4-11,13H,12H2,1-3H3,(H,20,22)/b11-10+/t13-/m1/s1. The average molecular weight is 380 g/mol. The average Bonchev–Trinajstić information content (AvgIpc) is 3.00. The van der Waals surface area contributed by atoms with Crippen molar-refractivity contribution in [3.63, 3.8) is 0 Å². The molecule has 0 bridgehead atoms. The molecular weight excluding hydrogens is 359 g/mol. The number of carbonyl (C=O) groups excluding carboxylic acids is 1. The summed E-state index contributed by atoms with van der Waals surface area (Å²) in [5, 5.41) is 2.77. The molecule has 1 aromatic carbocycles. The number of nitrogens with zero attached hydrogens (tertiary/aromatic N) is 1. The fourth-order valence-corrected chi connectivity index (χ4v) is 2.52. The van der Waals surface area contributed by atoms with Gasteiger partial charge in [-0.25, -0.2) is 12.8 Å². The van der Waals surface area contributed by atoms with Gasteiger partial charge in [0.2, 0.25) is 15.9 Å². The van der Waals surface area contributed by atoms with E-state index >= 15 is 0 Å². The van der Waals surface area contributed by atoms with Crippen molar-refractivity contribution < 1.29 is 22.0 Å². The van der Waals surface area contributed by atoms with E-state index in [1.807, 2.05) is 0 Å². The van der Waals surface area contributed by atoms with E-state index in [-0.39, 0.29) is 24.3 Å². The Morgan fingerprint density at radius 3 is 2.54 bits per heavy atom. The lowest BCUT2D eigenvalue weighted by Crippen LogP contribution is -2.24. The summed E-state index contributed by atoms with van der Waals surface area (Å²) in [6, 6.07) is 8.93. The summed E-state index contributed by atoms with van der Waals surface area (Å²) in [4.78, 5) is 12.0. The number of nitrogens with one attached hydrogen (secondary N) is 1. The highest BCUT2D eigenvalue weighted by Crippen LogP contribution is 2.14. The van der Waals surface area contributed by atoms with Gasteiger partial charge in [-0.15, -0.1) is 0 Å². The van der Waals surface area contributed by atoms with Gasteiger partial charge in [0.1, 0.15) is 17.3 Å². The summed E-state index contributed by atoms with van der Waals surface area (Å²) < 4.78 is 42.4. The van der Waals surface area contributed by atoms with E-state index in [0.29, 0.717) is 11.5 Å². The van der Waals surface area contributed by atoms with E-state index in [9.17, 15) is 17.6 Å². The van der Waals surface area contributed by atoms with E-state index in [2.05, 4.69) is 5.32 Å². The van der Waals surface area contributed by atoms with Crippen LogP contribution in [0.3, 0.4) is 0 Å². The second-order valence-corrected chi connectivity index (χ2v) is 8.03. The number of hydrogen-bond donors (Lipinski definition) is 1. The highest BCUT2D eigenvalue weighted by atomic mass is 32.2. The number of hydrogen-bond acceptors (Lipinski definition) is 4. The molecular formula is C18H21FN2O4S. The predicted octanol–water partition coefficient (Wildman–Crippen LogP) is 2.70. The third-order valence-corrected chi connectivity index (χ3v) is 5.02. The van der Waals surface area contributed by atoms with Gasteiger partial charge in [0, 0.05) is 13.1 Å². The van der Waals surface area contributed by atoms with Crippen LogP contribution >= 0.6 is 0 Å². The molecule has 1 heterocycles. The SMILES string of the molecule is C[C@@H](NC(=O)/C=C/c1ccc(CN(C)S(C)(=O)=O)o1)c1ccc(F)cc1. The van der Waals surface area contributed by atoms with Crippen molar-refractivity contribution in [2.24, 2.45) is 0 Å². The molecule has 0 saturated heterocycles. The van der Waals surface area contributed by atoms with Crippen LogP contribution in [0.4, 0.5) is 4.39 Å². The molecule has 0 aliphatic carbocycles. The molecule has 1 atom stereocenters. The van der Waals surface area contributed by atoms with E-state index < -0.39 is 10.0 Å². The summed E-state index contributed by atoms with van der Waals surface area (Å²) in [5.41, 5.74) is 0.789. The first kappa shape index (κ1) is 19.9. The summed E-state index contributed by atoms with van der Waals surface area (Å²) in [6.45, 7) is 1.91. The molecule has 6 nitrogen and oxygen atoms in total. The number of furan rings is 1. The number of benzene rings is 1. The Bertz CT molecular complexity index is 888. The maximum atomic E-state index is 12.9. The molecule has 0 aliphatic heterocycles. The van der Waals surface area contributed by atoms with E-state index in [4.69, 9.17) is 4.42 Å². The van der Waals surface area contributed by atoms with Crippen molar-refractivity contribution in [1.82, 2.24) is 9.62 Å². The number of carbonyl (C=O) groups is 1. The zero-order valence-corrected chi connectivity index (χ0v) is 15.6. The lowest BCUT2D eigenvalue weighted by Gasteiger charge is -2.12. The van der Waals surface area contributed by atoms with Gasteiger partial charge in [-0.05, 0) is 42.8 Å². The van der Waals surface area contributed by atoms with Crippen LogP contribution in [-0.4, -0.2) is 31.9 Å². The van der Waals surface area contributed by atoms with E-state index in [0.717, 1.165) is 16.1 Å². The minimum atomic E-state index is -3.29. The van der Waals surface area contributed by atoms with Gasteiger partial charge in [0.15, 0.2) is 0 Å². The van der Waals surface area contributed by atoms with Crippen molar-refractivity contribution in [2.45, 2.75) is 19.5 Å². The van der Waals surface area contributed by atoms with Gasteiger partial charge in [0.25, 0.3) is 0 Å². The number of amides is 1. The molecule has 8 heteroatoms. The Kier molecular flexibility index (Phi) is 6.33. The minimum absolute atomic E-state index is 0.112. The highest BCUT2D eigenvalue weighted by molar-refractivity contribution is 7.88. The molecule has 0 aliphatic rings. The molecule has 0 fully saturated rings. The Morgan fingerprint density at radius 1 is 1.27 bits per heavy atom. The Hall–Kier alpha value is -2.45. The van der Waals surface area contributed by atoms with Gasteiger partial charge >= 0.3 is 0 Å². The lowest BCUT2D eigenvalue weighted by atomic mass is 10.1. The van der Waals surface area contributed by atoms with Crippen LogP contribution in [0.15, 0.2) is 46.9 Å². The summed E-state index contributed by atoms with van der Waals surface area (Å²) >= 11 is 0. The van der Waals surface area contributed by atoms with Gasteiger partial charge in [-0.3, -0.25) is 4.79 Å². The Labute approximate surface area is 152 Å². The lowest BCUT2D eigenvalue weighted by molar-refractivity contribution is -0.117. The summed E-state index contributed by atoms with van der Waals surface area (Å²) in [6.07, 6.45) is 3.93. The smallest absolute Gasteiger partial charge is 0.244 e. The highest BCUT2D eigenvalue weighted by Gasteiger charge is 2.13. The molecule has 1 N–H and O–H groups in total. The molecule has 1 aromatic heterocycles. The molecule has 0 spiro atoms. The quantitative estimate of drug-likeness (QED) is 0.749. The molecule has 2 aromatic rings. The third kappa shape index (κ3) is 5.82. The van der Waals surface area contributed by atoms with Gasteiger partial charge in [-0.2, -0.15) is 4.31 Å². The van der Waals surface area contributed by atoms with Crippen molar-refractivity contribution in [1.29, 1.82) is 0 Å². The predicted molar refractivity (Wildman–Crippen MR) is 97.0 cm³/mol. The molecule has 1 amide bonds. The summed E-state index contributed by atoms with van der Waals surface area (Å²) in [5.74, 6) is 0.250. The first-order valence-corrected chi connectivity index (χ1v) is 9.74.